The van der Waals surface area contributed by atoms with E-state index < -0.39 is 0 Å². The second-order valence-corrected chi connectivity index (χ2v) is 6.44. The molecule has 0 fully saturated rings. The van der Waals surface area contributed by atoms with Gasteiger partial charge in [0, 0.05) is 28.5 Å². The van der Waals surface area contributed by atoms with Crippen molar-refractivity contribution >= 4 is 10.9 Å². The molecule has 1 heterocycles. The molecule has 22 heavy (non-hydrogen) atoms. The number of nitrogens with one attached hydrogen (secondary N) is 1. The Morgan fingerprint density at radius 3 is 2.23 bits per heavy atom. The fourth-order valence-electron chi connectivity index (χ4n) is 3.84. The number of benzene rings is 2. The largest absolute Gasteiger partial charge is 0.507 e. The number of hydrogen-bond donors (Lipinski definition) is 3. The van der Waals surface area contributed by atoms with Crippen LogP contribution in [0.4, 0.5) is 0 Å². The average molecular weight is 293 g/mol. The van der Waals surface area contributed by atoms with E-state index in [0.717, 1.165) is 45.3 Å². The van der Waals surface area contributed by atoms with Crippen molar-refractivity contribution in [2.45, 2.75) is 34.1 Å². The molecule has 1 aromatic heterocycles. The molecule has 0 saturated carbocycles. The molecular weight excluding hydrogens is 274 g/mol. The third-order valence-corrected chi connectivity index (χ3v) is 5.09. The van der Waals surface area contributed by atoms with E-state index >= 15 is 0 Å². The molecule has 0 aliphatic heterocycles. The average Bonchev–Trinajstić information content (AvgIpc) is 2.99. The van der Waals surface area contributed by atoms with Gasteiger partial charge in [-0.25, -0.2) is 0 Å². The lowest BCUT2D eigenvalue weighted by Crippen LogP contribution is -1.92. The van der Waals surface area contributed by atoms with Crippen LogP contribution >= 0.6 is 0 Å². The zero-order valence-electron chi connectivity index (χ0n) is 13.3. The molecule has 3 N–H and O–H groups in total. The first-order valence-electron chi connectivity index (χ1n) is 7.56. The molecule has 4 rings (SSSR count). The number of aromatic amines is 1. The maximum atomic E-state index is 10.3. The van der Waals surface area contributed by atoms with Crippen molar-refractivity contribution in [2.24, 2.45) is 0 Å². The van der Waals surface area contributed by atoms with Gasteiger partial charge in [0.2, 0.25) is 0 Å². The standard InChI is InChI=1S/C19H19NO2/c1-8-5-13-12(10(3)18(8)21)7-14-16-11(4)19(22)9(2)6-15(16)20-17(13)14/h5-6,20-22H,7H2,1-4H3. The third-order valence-electron chi connectivity index (χ3n) is 5.09. The molecule has 2 aromatic carbocycles. The summed E-state index contributed by atoms with van der Waals surface area (Å²) < 4.78 is 0. The van der Waals surface area contributed by atoms with Gasteiger partial charge in [-0.1, -0.05) is 0 Å². The van der Waals surface area contributed by atoms with Crippen LogP contribution in [0.3, 0.4) is 0 Å². The smallest absolute Gasteiger partial charge is 0.122 e. The molecule has 0 atom stereocenters. The van der Waals surface area contributed by atoms with Gasteiger partial charge < -0.3 is 15.2 Å². The Kier molecular flexibility index (Phi) is 2.45. The molecule has 1 aliphatic carbocycles. The van der Waals surface area contributed by atoms with Gasteiger partial charge in [0.25, 0.3) is 0 Å². The van der Waals surface area contributed by atoms with Crippen molar-refractivity contribution < 1.29 is 10.2 Å². The van der Waals surface area contributed by atoms with Crippen LogP contribution in [0, 0.1) is 27.7 Å². The van der Waals surface area contributed by atoms with E-state index in [1.165, 1.54) is 16.7 Å². The molecule has 0 bridgehead atoms. The molecule has 1 aliphatic rings. The van der Waals surface area contributed by atoms with Crippen molar-refractivity contribution in [3.8, 4) is 22.8 Å². The first kappa shape index (κ1) is 13.3. The van der Waals surface area contributed by atoms with Gasteiger partial charge in [-0.15, -0.1) is 0 Å². The molecule has 3 heteroatoms. The van der Waals surface area contributed by atoms with Crippen molar-refractivity contribution in [2.75, 3.05) is 0 Å². The summed E-state index contributed by atoms with van der Waals surface area (Å²) in [5.41, 5.74) is 9.48. The van der Waals surface area contributed by atoms with E-state index in [4.69, 9.17) is 0 Å². The van der Waals surface area contributed by atoms with Crippen molar-refractivity contribution in [1.29, 1.82) is 0 Å². The van der Waals surface area contributed by atoms with Gasteiger partial charge in [0.1, 0.15) is 11.5 Å². The summed E-state index contributed by atoms with van der Waals surface area (Å²) in [7, 11) is 0. The van der Waals surface area contributed by atoms with E-state index in [2.05, 4.69) is 11.1 Å². The highest BCUT2D eigenvalue weighted by molar-refractivity contribution is 5.98. The maximum Gasteiger partial charge on any atom is 0.122 e. The Bertz CT molecular complexity index is 964. The molecule has 0 amide bonds. The topological polar surface area (TPSA) is 56.2 Å². The van der Waals surface area contributed by atoms with Crippen LogP contribution in [0.5, 0.6) is 11.5 Å². The Labute approximate surface area is 129 Å². The van der Waals surface area contributed by atoms with Crippen molar-refractivity contribution in [1.82, 2.24) is 4.98 Å². The minimum absolute atomic E-state index is 0.376. The molecule has 3 aromatic rings. The van der Waals surface area contributed by atoms with Gasteiger partial charge in [-0.3, -0.25) is 0 Å². The van der Waals surface area contributed by atoms with Crippen LogP contribution in [0.15, 0.2) is 12.1 Å². The van der Waals surface area contributed by atoms with E-state index in [1.807, 2.05) is 33.8 Å². The number of phenols is 2. The van der Waals surface area contributed by atoms with E-state index in [0.29, 0.717) is 11.5 Å². The number of rotatable bonds is 0. The van der Waals surface area contributed by atoms with Crippen LogP contribution in [0.1, 0.15) is 33.4 Å². The molecule has 3 nitrogen and oxygen atoms in total. The summed E-state index contributed by atoms with van der Waals surface area (Å²) >= 11 is 0. The summed E-state index contributed by atoms with van der Waals surface area (Å²) in [6.07, 6.45) is 0.799. The van der Waals surface area contributed by atoms with Crippen molar-refractivity contribution in [3.05, 3.63) is 45.5 Å². The number of hydrogen-bond acceptors (Lipinski definition) is 2. The molecule has 112 valence electrons. The summed E-state index contributed by atoms with van der Waals surface area (Å²) in [5.74, 6) is 0.768. The minimum atomic E-state index is 0.376. The van der Waals surface area contributed by atoms with Crippen molar-refractivity contribution in [3.63, 3.8) is 0 Å². The Morgan fingerprint density at radius 1 is 0.864 bits per heavy atom. The van der Waals surface area contributed by atoms with Crippen LogP contribution in [-0.2, 0) is 6.42 Å². The fourth-order valence-corrected chi connectivity index (χ4v) is 3.84. The van der Waals surface area contributed by atoms with E-state index in [-0.39, 0.29) is 0 Å². The van der Waals surface area contributed by atoms with Gasteiger partial charge >= 0.3 is 0 Å². The highest BCUT2D eigenvalue weighted by Gasteiger charge is 2.28. The highest BCUT2D eigenvalue weighted by Crippen LogP contribution is 2.46. The second kappa shape index (κ2) is 4.07. The first-order valence-corrected chi connectivity index (χ1v) is 7.56. The number of H-pyrrole nitrogens is 1. The van der Waals surface area contributed by atoms with Gasteiger partial charge in [-0.2, -0.15) is 0 Å². The zero-order valence-corrected chi connectivity index (χ0v) is 13.3. The SMILES string of the molecule is Cc1cc2c(c(C)c1O)Cc1c-2[nH]c2cc(C)c(O)c(C)c12. The number of aromatic hydroxyl groups is 2. The predicted molar refractivity (Wildman–Crippen MR) is 88.8 cm³/mol. The summed E-state index contributed by atoms with van der Waals surface area (Å²) in [5, 5.41) is 21.6. The van der Waals surface area contributed by atoms with Crippen LogP contribution < -0.4 is 0 Å². The summed E-state index contributed by atoms with van der Waals surface area (Å²) in [6.45, 7) is 7.81. The Balaban J connectivity index is 2.09. The lowest BCUT2D eigenvalue weighted by atomic mass is 9.98. The Morgan fingerprint density at radius 2 is 1.50 bits per heavy atom. The third kappa shape index (κ3) is 1.46. The molecule has 0 saturated heterocycles. The maximum absolute atomic E-state index is 10.3. The van der Waals surface area contributed by atoms with E-state index in [1.54, 1.807) is 0 Å². The fraction of sp³-hybridized carbons (Fsp3) is 0.263. The normalized spacial score (nSPS) is 12.7. The number of aromatic nitrogens is 1. The summed E-state index contributed by atoms with van der Waals surface area (Å²) in [4.78, 5) is 3.52. The lowest BCUT2D eigenvalue weighted by molar-refractivity contribution is 0.466. The Hall–Kier alpha value is -2.42. The highest BCUT2D eigenvalue weighted by atomic mass is 16.3. The first-order chi connectivity index (χ1) is 10.4. The number of phenolic OH excluding ortho intramolecular Hbond substituents is 2. The van der Waals surface area contributed by atoms with Crippen LogP contribution in [0.2, 0.25) is 0 Å². The van der Waals surface area contributed by atoms with E-state index in [9.17, 15) is 10.2 Å². The second-order valence-electron chi connectivity index (χ2n) is 6.44. The number of fused-ring (bicyclic) bond motifs is 5. The lowest BCUT2D eigenvalue weighted by Gasteiger charge is -2.10. The minimum Gasteiger partial charge on any atom is -0.507 e. The zero-order chi connectivity index (χ0) is 15.8. The molecular formula is C19H19NO2. The van der Waals surface area contributed by atoms with Gasteiger partial charge in [-0.05, 0) is 67.6 Å². The van der Waals surface area contributed by atoms with Gasteiger partial charge in [0.15, 0.2) is 0 Å². The van der Waals surface area contributed by atoms with Crippen LogP contribution in [-0.4, -0.2) is 15.2 Å². The predicted octanol–water partition coefficient (Wildman–Crippen LogP) is 4.38. The molecule has 0 unspecified atom stereocenters. The molecule has 0 radical (unpaired) electrons. The summed E-state index contributed by atoms with van der Waals surface area (Å²) in [6, 6.07) is 4.07. The molecule has 0 spiro atoms. The number of aryl methyl sites for hydroxylation is 3. The van der Waals surface area contributed by atoms with Gasteiger partial charge in [0.05, 0.1) is 5.69 Å². The van der Waals surface area contributed by atoms with Crippen LogP contribution in [0.25, 0.3) is 22.2 Å². The quantitative estimate of drug-likeness (QED) is 0.450. The monoisotopic (exact) mass is 293 g/mol.